The van der Waals surface area contributed by atoms with Crippen LogP contribution in [-0.4, -0.2) is 0 Å². The van der Waals surface area contributed by atoms with Crippen molar-refractivity contribution >= 4 is 24.4 Å². The van der Waals surface area contributed by atoms with Gasteiger partial charge in [0, 0.05) is 0 Å². The summed E-state index contributed by atoms with van der Waals surface area (Å²) in [7, 11) is 0. The molecule has 0 spiro atoms. The van der Waals surface area contributed by atoms with Gasteiger partial charge in [0.25, 0.3) is 0 Å². The molecule has 0 aliphatic carbocycles. The fraction of sp³-hybridized carbons (Fsp3) is 1.00. The first kappa shape index (κ1) is 12.8. The number of rotatable bonds is 4. The van der Waals surface area contributed by atoms with E-state index in [1.54, 1.807) is 0 Å². The third-order valence-electron chi connectivity index (χ3n) is 1.41. The second-order valence-electron chi connectivity index (χ2n) is 4.05. The molecule has 11 heavy (non-hydrogen) atoms. The van der Waals surface area contributed by atoms with Gasteiger partial charge in [-0.2, -0.15) is 0 Å². The third-order valence-corrected chi connectivity index (χ3v) is 16.0. The van der Waals surface area contributed by atoms with Crippen molar-refractivity contribution in [2.45, 2.75) is 36.0 Å². The molecular weight excluding hydrogens is 347 g/mol. The SMILES string of the molecule is CC(C)[CH2][Zr]([Br])([Br])[CH2]C(C)C. The molecule has 0 aliphatic heterocycles. The second kappa shape index (κ2) is 5.55. The van der Waals surface area contributed by atoms with Crippen LogP contribution in [-0.2, 0) is 15.6 Å². The Morgan fingerprint density at radius 3 is 1.36 bits per heavy atom. The molecule has 0 saturated heterocycles. The van der Waals surface area contributed by atoms with E-state index in [0.29, 0.717) is 0 Å². The molecule has 0 aromatic carbocycles. The monoisotopic (exact) mass is 362 g/mol. The van der Waals surface area contributed by atoms with Gasteiger partial charge < -0.3 is 0 Å². The zero-order valence-corrected chi connectivity index (χ0v) is 13.5. The molecule has 3 heteroatoms. The van der Waals surface area contributed by atoms with Gasteiger partial charge in [0.2, 0.25) is 0 Å². The molecule has 0 fully saturated rings. The van der Waals surface area contributed by atoms with E-state index in [2.05, 4.69) is 52.1 Å². The second-order valence-corrected chi connectivity index (χ2v) is 34.5. The molecule has 0 bridgehead atoms. The topological polar surface area (TPSA) is 0 Å². The number of hydrogen-bond donors (Lipinski definition) is 0. The Morgan fingerprint density at radius 2 is 1.18 bits per heavy atom. The normalized spacial score (nSPS) is 13.1. The third kappa shape index (κ3) is 8.18. The van der Waals surface area contributed by atoms with Crippen molar-refractivity contribution in [3.05, 3.63) is 0 Å². The van der Waals surface area contributed by atoms with Crippen molar-refractivity contribution in [2.75, 3.05) is 0 Å². The van der Waals surface area contributed by atoms with Crippen LogP contribution in [0.5, 0.6) is 0 Å². The molecule has 0 aromatic rings. The van der Waals surface area contributed by atoms with Gasteiger partial charge in [-0.15, -0.1) is 0 Å². The van der Waals surface area contributed by atoms with Crippen molar-refractivity contribution in [3.63, 3.8) is 0 Å². The molecule has 0 radical (unpaired) electrons. The molecule has 0 saturated carbocycles. The minimum absolute atomic E-state index is 0.836. The molecule has 0 unspecified atom stereocenters. The predicted octanol–water partition coefficient (Wildman–Crippen LogP) is 4.91. The van der Waals surface area contributed by atoms with Gasteiger partial charge in [-0.05, 0) is 0 Å². The summed E-state index contributed by atoms with van der Waals surface area (Å²) in [6.45, 7) is 9.20. The Morgan fingerprint density at radius 1 is 0.909 bits per heavy atom. The van der Waals surface area contributed by atoms with Gasteiger partial charge in [-0.25, -0.2) is 0 Å². The van der Waals surface area contributed by atoms with Crippen molar-refractivity contribution in [1.29, 1.82) is 0 Å². The van der Waals surface area contributed by atoms with Crippen LogP contribution in [0.25, 0.3) is 0 Å². The molecule has 68 valence electrons. The summed E-state index contributed by atoms with van der Waals surface area (Å²) in [4.78, 5) is 0. The van der Waals surface area contributed by atoms with Crippen LogP contribution < -0.4 is 0 Å². The standard InChI is InChI=1S/2C4H9.2BrH.Zr/c2*1-4(2)3;;;/h2*4H,1H2,2-3H3;2*1H;/q;;;;+2/p-2. The number of hydrogen-bond acceptors (Lipinski definition) is 0. The predicted molar refractivity (Wildman–Crippen MR) is 57.1 cm³/mol. The summed E-state index contributed by atoms with van der Waals surface area (Å²) in [6.07, 6.45) is 0. The molecule has 0 aliphatic rings. The van der Waals surface area contributed by atoms with Crippen LogP contribution >= 0.6 is 24.4 Å². The molecule has 0 atom stereocenters. The molecule has 0 nitrogen and oxygen atoms in total. The Balaban J connectivity index is 3.79. The van der Waals surface area contributed by atoms with E-state index >= 15 is 0 Å². The van der Waals surface area contributed by atoms with Gasteiger partial charge in [0.15, 0.2) is 0 Å². The quantitative estimate of drug-likeness (QED) is 0.664. The Hall–Kier alpha value is 1.84. The Bertz CT molecular complexity index is 98.7. The van der Waals surface area contributed by atoms with E-state index in [4.69, 9.17) is 0 Å². The summed E-state index contributed by atoms with van der Waals surface area (Å²) in [5.41, 5.74) is 0. The molecule has 0 amide bonds. The average Bonchev–Trinajstić information content (AvgIpc) is 1.53. The fourth-order valence-corrected chi connectivity index (χ4v) is 22.9. The molecule has 0 rings (SSSR count). The van der Waals surface area contributed by atoms with Crippen molar-refractivity contribution < 1.29 is 15.6 Å². The fourth-order valence-electron chi connectivity index (χ4n) is 1.28. The van der Waals surface area contributed by atoms with Crippen LogP contribution in [0.2, 0.25) is 8.26 Å². The molecular formula is C8H18Br2Zr. The Kier molecular flexibility index (Phi) is 6.48. The molecule has 0 N–H and O–H groups in total. The Labute approximate surface area is 86.8 Å². The van der Waals surface area contributed by atoms with E-state index in [0.717, 1.165) is 11.8 Å². The van der Waals surface area contributed by atoms with E-state index in [9.17, 15) is 0 Å². The van der Waals surface area contributed by atoms with Gasteiger partial charge in [0.05, 0.1) is 0 Å². The summed E-state index contributed by atoms with van der Waals surface area (Å²) >= 11 is 5.91. The summed E-state index contributed by atoms with van der Waals surface area (Å²) in [5, 5.41) is 0. The van der Waals surface area contributed by atoms with Crippen molar-refractivity contribution in [2.24, 2.45) is 11.8 Å². The van der Waals surface area contributed by atoms with Gasteiger partial charge in [0.1, 0.15) is 0 Å². The first-order valence-electron chi connectivity index (χ1n) is 4.21. The zero-order valence-electron chi connectivity index (χ0n) is 7.82. The molecule has 0 heterocycles. The van der Waals surface area contributed by atoms with E-state index in [1.807, 2.05) is 0 Å². The van der Waals surface area contributed by atoms with Crippen LogP contribution in [0.3, 0.4) is 0 Å². The van der Waals surface area contributed by atoms with Crippen molar-refractivity contribution in [3.8, 4) is 0 Å². The van der Waals surface area contributed by atoms with E-state index in [-0.39, 0.29) is 0 Å². The van der Waals surface area contributed by atoms with Crippen LogP contribution in [0.4, 0.5) is 0 Å². The van der Waals surface area contributed by atoms with Crippen LogP contribution in [0.1, 0.15) is 27.7 Å². The maximum absolute atomic E-state index is 3.91. The van der Waals surface area contributed by atoms with Crippen LogP contribution in [0, 0.1) is 11.8 Å². The van der Waals surface area contributed by atoms with Crippen molar-refractivity contribution in [1.82, 2.24) is 0 Å². The van der Waals surface area contributed by atoms with Gasteiger partial charge in [-0.1, -0.05) is 0 Å². The summed E-state index contributed by atoms with van der Waals surface area (Å²) in [5.74, 6) is 1.67. The average molecular weight is 365 g/mol. The van der Waals surface area contributed by atoms with Gasteiger partial charge >= 0.3 is 87.8 Å². The maximum atomic E-state index is 3.91. The van der Waals surface area contributed by atoms with Crippen LogP contribution in [0.15, 0.2) is 0 Å². The zero-order chi connectivity index (χ0) is 9.07. The summed E-state index contributed by atoms with van der Waals surface area (Å²) < 4.78 is 2.79. The van der Waals surface area contributed by atoms with E-state index < -0.39 is 15.6 Å². The van der Waals surface area contributed by atoms with E-state index in [1.165, 1.54) is 8.26 Å². The minimum atomic E-state index is -1.91. The van der Waals surface area contributed by atoms with Gasteiger partial charge in [-0.3, -0.25) is 0 Å². The molecule has 0 aromatic heterocycles. The first-order chi connectivity index (χ1) is 4.83. The first-order valence-corrected chi connectivity index (χ1v) is 18.9. The number of halogens is 2. The summed E-state index contributed by atoms with van der Waals surface area (Å²) in [6, 6.07) is 0.